The fraction of sp³-hybridized carbons (Fsp3) is 0.400. The molecule has 0 aliphatic carbocycles. The lowest BCUT2D eigenvalue weighted by molar-refractivity contribution is 0.509. The van der Waals surface area contributed by atoms with E-state index >= 15 is 0 Å². The highest BCUT2D eigenvalue weighted by atomic mass is 35.5. The van der Waals surface area contributed by atoms with E-state index in [0.717, 1.165) is 17.8 Å². The zero-order valence-electron chi connectivity index (χ0n) is 12.3. The number of hydrogen-bond acceptors (Lipinski definition) is 2. The summed E-state index contributed by atoms with van der Waals surface area (Å²) < 4.78 is 15.8. The lowest BCUT2D eigenvalue weighted by Gasteiger charge is -2.19. The second kappa shape index (κ2) is 6.77. The molecule has 1 aromatic carbocycles. The number of rotatable bonds is 5. The minimum Gasteiger partial charge on any atom is -0.310 e. The summed E-state index contributed by atoms with van der Waals surface area (Å²) in [6.07, 6.45) is 0.574. The standard InChI is InChI=1S/C15H18Cl2FN3/c1-4-19-14(11-6-5-10(16)7-13(11)18)8-12-9(2)20-21(3)15(12)17/h5-7,14,19H,4,8H2,1-3H3. The normalized spacial score (nSPS) is 12.7. The zero-order chi connectivity index (χ0) is 15.6. The molecule has 3 nitrogen and oxygen atoms in total. The predicted octanol–water partition coefficient (Wildman–Crippen LogP) is 4.07. The summed E-state index contributed by atoms with van der Waals surface area (Å²) in [4.78, 5) is 0. The summed E-state index contributed by atoms with van der Waals surface area (Å²) in [5.74, 6) is -0.314. The summed E-state index contributed by atoms with van der Waals surface area (Å²) in [5, 5.41) is 8.57. The van der Waals surface area contributed by atoms with Gasteiger partial charge in [-0.3, -0.25) is 4.68 Å². The Morgan fingerprint density at radius 1 is 1.38 bits per heavy atom. The summed E-state index contributed by atoms with van der Waals surface area (Å²) in [6.45, 7) is 4.62. The molecule has 1 heterocycles. The molecule has 0 aliphatic rings. The third kappa shape index (κ3) is 3.57. The van der Waals surface area contributed by atoms with Gasteiger partial charge in [0.2, 0.25) is 0 Å². The smallest absolute Gasteiger partial charge is 0.130 e. The largest absolute Gasteiger partial charge is 0.310 e. The van der Waals surface area contributed by atoms with Gasteiger partial charge in [-0.15, -0.1) is 0 Å². The maximum atomic E-state index is 14.2. The van der Waals surface area contributed by atoms with Crippen LogP contribution < -0.4 is 5.32 Å². The minimum atomic E-state index is -0.314. The van der Waals surface area contributed by atoms with Crippen LogP contribution in [0, 0.1) is 12.7 Å². The molecule has 6 heteroatoms. The van der Waals surface area contributed by atoms with Crippen LogP contribution in [-0.2, 0) is 13.5 Å². The average molecular weight is 330 g/mol. The third-order valence-corrected chi connectivity index (χ3v) is 4.17. The number of benzene rings is 1. The molecule has 2 aromatic rings. The Labute approximate surface area is 134 Å². The van der Waals surface area contributed by atoms with Crippen LogP contribution in [0.3, 0.4) is 0 Å². The molecule has 21 heavy (non-hydrogen) atoms. The molecule has 1 unspecified atom stereocenters. The molecule has 0 aliphatic heterocycles. The lowest BCUT2D eigenvalue weighted by atomic mass is 9.98. The molecular formula is C15H18Cl2FN3. The number of nitrogens with one attached hydrogen (secondary N) is 1. The molecule has 0 saturated carbocycles. The highest BCUT2D eigenvalue weighted by Crippen LogP contribution is 2.28. The summed E-state index contributed by atoms with van der Waals surface area (Å²) in [7, 11) is 1.80. The number of aryl methyl sites for hydroxylation is 2. The van der Waals surface area contributed by atoms with E-state index in [0.29, 0.717) is 22.2 Å². The van der Waals surface area contributed by atoms with Crippen molar-refractivity contribution in [2.24, 2.45) is 7.05 Å². The van der Waals surface area contributed by atoms with Gasteiger partial charge >= 0.3 is 0 Å². The lowest BCUT2D eigenvalue weighted by Crippen LogP contribution is -2.24. The number of halogens is 3. The third-order valence-electron chi connectivity index (χ3n) is 3.47. The van der Waals surface area contributed by atoms with Crippen molar-refractivity contribution in [3.8, 4) is 0 Å². The first kappa shape index (κ1) is 16.3. The monoisotopic (exact) mass is 329 g/mol. The molecule has 0 fully saturated rings. The molecule has 2 rings (SSSR count). The van der Waals surface area contributed by atoms with E-state index in [1.807, 2.05) is 13.8 Å². The van der Waals surface area contributed by atoms with Crippen molar-refractivity contribution in [2.75, 3.05) is 6.54 Å². The van der Waals surface area contributed by atoms with Crippen molar-refractivity contribution in [1.29, 1.82) is 0 Å². The van der Waals surface area contributed by atoms with Crippen LogP contribution in [0.25, 0.3) is 0 Å². The van der Waals surface area contributed by atoms with Gasteiger partial charge < -0.3 is 5.32 Å². The second-order valence-corrected chi connectivity index (χ2v) is 5.75. The van der Waals surface area contributed by atoms with E-state index < -0.39 is 0 Å². The molecule has 0 amide bonds. The van der Waals surface area contributed by atoms with Crippen molar-refractivity contribution in [1.82, 2.24) is 15.1 Å². The Morgan fingerprint density at radius 3 is 2.62 bits per heavy atom. The van der Waals surface area contributed by atoms with Crippen LogP contribution in [0.5, 0.6) is 0 Å². The maximum Gasteiger partial charge on any atom is 0.130 e. The number of hydrogen-bond donors (Lipinski definition) is 1. The van der Waals surface area contributed by atoms with Crippen molar-refractivity contribution in [2.45, 2.75) is 26.3 Å². The second-order valence-electron chi connectivity index (χ2n) is 4.96. The molecule has 114 valence electrons. The van der Waals surface area contributed by atoms with Crippen LogP contribution in [0.2, 0.25) is 10.2 Å². The van der Waals surface area contributed by atoms with E-state index in [1.54, 1.807) is 23.9 Å². The van der Waals surface area contributed by atoms with Crippen molar-refractivity contribution in [3.63, 3.8) is 0 Å². The van der Waals surface area contributed by atoms with E-state index in [1.165, 1.54) is 6.07 Å². The Morgan fingerprint density at radius 2 is 2.10 bits per heavy atom. The van der Waals surface area contributed by atoms with E-state index in [-0.39, 0.29) is 11.9 Å². The van der Waals surface area contributed by atoms with Gasteiger partial charge in [-0.2, -0.15) is 5.10 Å². The van der Waals surface area contributed by atoms with Gasteiger partial charge in [-0.1, -0.05) is 36.2 Å². The van der Waals surface area contributed by atoms with Gasteiger partial charge in [0, 0.05) is 29.2 Å². The molecule has 0 saturated heterocycles. The first-order chi connectivity index (χ1) is 9.93. The molecule has 0 spiro atoms. The minimum absolute atomic E-state index is 0.173. The number of nitrogens with zero attached hydrogens (tertiary/aromatic N) is 2. The average Bonchev–Trinajstić information content (AvgIpc) is 2.65. The summed E-state index contributed by atoms with van der Waals surface area (Å²) >= 11 is 12.1. The summed E-state index contributed by atoms with van der Waals surface area (Å²) in [5.41, 5.74) is 2.37. The first-order valence-electron chi connectivity index (χ1n) is 6.80. The predicted molar refractivity (Wildman–Crippen MR) is 84.5 cm³/mol. The Hall–Kier alpha value is -1.10. The number of aromatic nitrogens is 2. The van der Waals surface area contributed by atoms with Crippen LogP contribution >= 0.6 is 23.2 Å². The Balaban J connectivity index is 2.35. The van der Waals surface area contributed by atoms with Crippen LogP contribution in [0.1, 0.15) is 29.8 Å². The van der Waals surface area contributed by atoms with Crippen LogP contribution in [-0.4, -0.2) is 16.3 Å². The van der Waals surface area contributed by atoms with Crippen molar-refractivity contribution >= 4 is 23.2 Å². The summed E-state index contributed by atoms with van der Waals surface area (Å²) in [6, 6.07) is 4.57. The maximum absolute atomic E-state index is 14.2. The van der Waals surface area contributed by atoms with E-state index in [2.05, 4.69) is 10.4 Å². The van der Waals surface area contributed by atoms with Gasteiger partial charge in [-0.25, -0.2) is 4.39 Å². The van der Waals surface area contributed by atoms with Gasteiger partial charge in [0.05, 0.1) is 5.69 Å². The topological polar surface area (TPSA) is 29.9 Å². The van der Waals surface area contributed by atoms with Crippen LogP contribution in [0.4, 0.5) is 4.39 Å². The van der Waals surface area contributed by atoms with E-state index in [4.69, 9.17) is 23.2 Å². The Kier molecular flexibility index (Phi) is 5.25. The molecule has 1 aromatic heterocycles. The van der Waals surface area contributed by atoms with Gasteiger partial charge in [0.25, 0.3) is 0 Å². The highest BCUT2D eigenvalue weighted by molar-refractivity contribution is 6.30. The van der Waals surface area contributed by atoms with Crippen LogP contribution in [0.15, 0.2) is 18.2 Å². The first-order valence-corrected chi connectivity index (χ1v) is 7.56. The van der Waals surface area contributed by atoms with Crippen molar-refractivity contribution < 1.29 is 4.39 Å². The zero-order valence-corrected chi connectivity index (χ0v) is 13.8. The van der Waals surface area contributed by atoms with Gasteiger partial charge in [0.15, 0.2) is 0 Å². The quantitative estimate of drug-likeness (QED) is 0.896. The van der Waals surface area contributed by atoms with Gasteiger partial charge in [0.1, 0.15) is 11.0 Å². The molecule has 0 bridgehead atoms. The van der Waals surface area contributed by atoms with E-state index in [9.17, 15) is 4.39 Å². The fourth-order valence-electron chi connectivity index (χ4n) is 2.43. The molecular weight excluding hydrogens is 312 g/mol. The van der Waals surface area contributed by atoms with Crippen molar-refractivity contribution in [3.05, 3.63) is 51.0 Å². The SMILES string of the molecule is CCNC(Cc1c(C)nn(C)c1Cl)c1ccc(Cl)cc1F. The molecule has 1 atom stereocenters. The molecule has 1 N–H and O–H groups in total. The van der Waals surface area contributed by atoms with Gasteiger partial charge in [-0.05, 0) is 32.0 Å². The molecule has 0 radical (unpaired) electrons. The Bertz CT molecular complexity index is 640. The number of likely N-dealkylation sites (N-methyl/N-ethyl adjacent to an activating group) is 1. The fourth-order valence-corrected chi connectivity index (χ4v) is 2.84. The highest BCUT2D eigenvalue weighted by Gasteiger charge is 2.20.